The summed E-state index contributed by atoms with van der Waals surface area (Å²) in [7, 11) is 1.75. The van der Waals surface area contributed by atoms with Gasteiger partial charge in [0, 0.05) is 19.2 Å². The summed E-state index contributed by atoms with van der Waals surface area (Å²) in [5.41, 5.74) is 0.265. The first-order chi connectivity index (χ1) is 9.61. The number of allylic oxidation sites excluding steroid dienone is 2. The zero-order valence-corrected chi connectivity index (χ0v) is 11.5. The highest BCUT2D eigenvalue weighted by atomic mass is 19.1. The second-order valence-corrected chi connectivity index (χ2v) is 5.14. The van der Waals surface area contributed by atoms with Gasteiger partial charge in [0.1, 0.15) is 11.9 Å². The first-order valence-corrected chi connectivity index (χ1v) is 6.72. The van der Waals surface area contributed by atoms with Gasteiger partial charge in [-0.2, -0.15) is 5.26 Å². The van der Waals surface area contributed by atoms with E-state index in [1.165, 1.54) is 18.2 Å². The Morgan fingerprint density at radius 1 is 1.50 bits per heavy atom. The number of nitrogens with zero attached hydrogens (tertiary/aromatic N) is 2. The molecule has 1 aliphatic carbocycles. The molecule has 0 N–H and O–H groups in total. The Morgan fingerprint density at radius 3 is 2.95 bits per heavy atom. The van der Waals surface area contributed by atoms with Crippen molar-refractivity contribution in [3.63, 3.8) is 0 Å². The average Bonchev–Trinajstić information content (AvgIpc) is 2.48. The highest BCUT2D eigenvalue weighted by Crippen LogP contribution is 2.20. The maximum absolute atomic E-state index is 13.3. The standard InChI is InChI=1S/C16H17FN2O/c1-19(11-12-5-3-2-4-6-12)16(20)13-7-8-15(17)14(9-13)10-18/h2-3,7-9,12H,4-6,11H2,1H3/t12-/m1/s1. The van der Waals surface area contributed by atoms with Crippen LogP contribution in [0.3, 0.4) is 0 Å². The van der Waals surface area contributed by atoms with E-state index < -0.39 is 5.82 Å². The maximum atomic E-state index is 13.3. The molecule has 1 aromatic carbocycles. The molecule has 3 nitrogen and oxygen atoms in total. The molecule has 1 amide bonds. The van der Waals surface area contributed by atoms with Gasteiger partial charge in [-0.25, -0.2) is 4.39 Å². The van der Waals surface area contributed by atoms with Crippen LogP contribution in [0, 0.1) is 23.1 Å². The highest BCUT2D eigenvalue weighted by molar-refractivity contribution is 5.94. The van der Waals surface area contributed by atoms with Gasteiger partial charge >= 0.3 is 0 Å². The molecule has 1 aliphatic rings. The van der Waals surface area contributed by atoms with Gasteiger partial charge in [-0.3, -0.25) is 4.79 Å². The van der Waals surface area contributed by atoms with E-state index in [9.17, 15) is 9.18 Å². The van der Waals surface area contributed by atoms with Crippen LogP contribution >= 0.6 is 0 Å². The quantitative estimate of drug-likeness (QED) is 0.793. The molecule has 0 aromatic heterocycles. The molecule has 1 atom stereocenters. The van der Waals surface area contributed by atoms with Crippen LogP contribution in [0.1, 0.15) is 35.2 Å². The number of benzene rings is 1. The van der Waals surface area contributed by atoms with Crippen LogP contribution in [0.5, 0.6) is 0 Å². The lowest BCUT2D eigenvalue weighted by molar-refractivity contribution is 0.0769. The van der Waals surface area contributed by atoms with Crippen molar-refractivity contribution in [2.45, 2.75) is 19.3 Å². The van der Waals surface area contributed by atoms with E-state index in [0.29, 0.717) is 18.0 Å². The number of hydrogen-bond acceptors (Lipinski definition) is 2. The maximum Gasteiger partial charge on any atom is 0.253 e. The minimum absolute atomic E-state index is 0.0927. The van der Waals surface area contributed by atoms with Crippen molar-refractivity contribution < 1.29 is 9.18 Å². The number of rotatable bonds is 3. The molecule has 0 fully saturated rings. The number of carbonyl (C=O) groups excluding carboxylic acids is 1. The van der Waals surface area contributed by atoms with E-state index in [-0.39, 0.29) is 11.5 Å². The number of carbonyl (C=O) groups is 1. The van der Waals surface area contributed by atoms with Crippen molar-refractivity contribution in [3.8, 4) is 6.07 Å². The summed E-state index contributed by atoms with van der Waals surface area (Å²) < 4.78 is 13.3. The third-order valence-corrected chi connectivity index (χ3v) is 3.59. The monoisotopic (exact) mass is 272 g/mol. The summed E-state index contributed by atoms with van der Waals surface area (Å²) in [6.45, 7) is 0.683. The molecule has 0 radical (unpaired) electrons. The van der Waals surface area contributed by atoms with Gasteiger partial charge < -0.3 is 4.90 Å². The first-order valence-electron chi connectivity index (χ1n) is 6.72. The summed E-state index contributed by atoms with van der Waals surface area (Å²) in [6.07, 6.45) is 7.45. The van der Waals surface area contributed by atoms with E-state index in [0.717, 1.165) is 19.3 Å². The van der Waals surface area contributed by atoms with Gasteiger partial charge in [-0.05, 0) is 43.4 Å². The topological polar surface area (TPSA) is 44.1 Å². The molecule has 0 saturated heterocycles. The van der Waals surface area contributed by atoms with E-state index in [1.54, 1.807) is 18.0 Å². The van der Waals surface area contributed by atoms with Crippen LogP contribution in [-0.2, 0) is 0 Å². The van der Waals surface area contributed by atoms with E-state index >= 15 is 0 Å². The van der Waals surface area contributed by atoms with Gasteiger partial charge in [0.2, 0.25) is 0 Å². The van der Waals surface area contributed by atoms with E-state index in [1.807, 2.05) is 0 Å². The Hall–Kier alpha value is -2.15. The summed E-state index contributed by atoms with van der Waals surface area (Å²) >= 11 is 0. The lowest BCUT2D eigenvalue weighted by atomic mass is 9.94. The number of nitriles is 1. The van der Waals surface area contributed by atoms with Gasteiger partial charge in [0.05, 0.1) is 5.56 Å². The molecule has 104 valence electrons. The van der Waals surface area contributed by atoms with Crippen LogP contribution < -0.4 is 0 Å². The predicted octanol–water partition coefficient (Wildman–Crippen LogP) is 3.13. The predicted molar refractivity (Wildman–Crippen MR) is 74.6 cm³/mol. The zero-order valence-electron chi connectivity index (χ0n) is 11.5. The molecule has 0 aliphatic heterocycles. The Labute approximate surface area is 118 Å². The Balaban J connectivity index is 2.06. The van der Waals surface area contributed by atoms with Crippen LogP contribution in [0.4, 0.5) is 4.39 Å². The molecule has 0 heterocycles. The van der Waals surface area contributed by atoms with E-state index in [2.05, 4.69) is 12.2 Å². The van der Waals surface area contributed by atoms with Crippen LogP contribution in [0.25, 0.3) is 0 Å². The molecule has 0 spiro atoms. The Bertz CT molecular complexity index is 574. The molecular weight excluding hydrogens is 255 g/mol. The second kappa shape index (κ2) is 6.33. The number of hydrogen-bond donors (Lipinski definition) is 0. The van der Waals surface area contributed by atoms with Gasteiger partial charge in [0.25, 0.3) is 5.91 Å². The summed E-state index contributed by atoms with van der Waals surface area (Å²) in [6, 6.07) is 5.67. The molecule has 4 heteroatoms. The summed E-state index contributed by atoms with van der Waals surface area (Å²) in [4.78, 5) is 13.9. The van der Waals surface area contributed by atoms with Crippen molar-refractivity contribution in [2.75, 3.05) is 13.6 Å². The molecule has 2 rings (SSSR count). The van der Waals surface area contributed by atoms with Crippen LogP contribution in [0.15, 0.2) is 30.4 Å². The molecule has 0 bridgehead atoms. The van der Waals surface area contributed by atoms with Crippen molar-refractivity contribution in [3.05, 3.63) is 47.3 Å². The SMILES string of the molecule is CN(C[C@@H]1CC=CCC1)C(=O)c1ccc(F)c(C#N)c1. The lowest BCUT2D eigenvalue weighted by Crippen LogP contribution is -2.32. The Morgan fingerprint density at radius 2 is 2.30 bits per heavy atom. The lowest BCUT2D eigenvalue weighted by Gasteiger charge is -2.25. The van der Waals surface area contributed by atoms with Crippen LogP contribution in [-0.4, -0.2) is 24.4 Å². The molecule has 0 unspecified atom stereocenters. The third-order valence-electron chi connectivity index (χ3n) is 3.59. The summed E-state index contributed by atoms with van der Waals surface area (Å²) in [5.74, 6) is -0.287. The van der Waals surface area contributed by atoms with Gasteiger partial charge in [-0.15, -0.1) is 0 Å². The fraction of sp³-hybridized carbons (Fsp3) is 0.375. The molecular formula is C16H17FN2O. The van der Waals surface area contributed by atoms with E-state index in [4.69, 9.17) is 5.26 Å². The second-order valence-electron chi connectivity index (χ2n) is 5.14. The average molecular weight is 272 g/mol. The largest absolute Gasteiger partial charge is 0.341 e. The Kier molecular flexibility index (Phi) is 4.52. The first kappa shape index (κ1) is 14.3. The smallest absolute Gasteiger partial charge is 0.253 e. The molecule has 0 saturated carbocycles. The molecule has 20 heavy (non-hydrogen) atoms. The zero-order chi connectivity index (χ0) is 14.5. The fourth-order valence-corrected chi connectivity index (χ4v) is 2.46. The minimum atomic E-state index is -0.593. The molecule has 1 aromatic rings. The van der Waals surface area contributed by atoms with Crippen molar-refractivity contribution in [2.24, 2.45) is 5.92 Å². The fourth-order valence-electron chi connectivity index (χ4n) is 2.46. The number of amides is 1. The summed E-state index contributed by atoms with van der Waals surface area (Å²) in [5, 5.41) is 8.80. The van der Waals surface area contributed by atoms with Crippen molar-refractivity contribution in [1.29, 1.82) is 5.26 Å². The highest BCUT2D eigenvalue weighted by Gasteiger charge is 2.18. The van der Waals surface area contributed by atoms with Gasteiger partial charge in [0.15, 0.2) is 0 Å². The normalized spacial score (nSPS) is 17.6. The van der Waals surface area contributed by atoms with Crippen molar-refractivity contribution >= 4 is 5.91 Å². The van der Waals surface area contributed by atoms with Crippen molar-refractivity contribution in [1.82, 2.24) is 4.90 Å². The van der Waals surface area contributed by atoms with Crippen LogP contribution in [0.2, 0.25) is 0 Å². The minimum Gasteiger partial charge on any atom is -0.341 e. The third kappa shape index (κ3) is 3.24. The number of halogens is 1. The van der Waals surface area contributed by atoms with Gasteiger partial charge in [-0.1, -0.05) is 12.2 Å².